The SMILES string of the molecule is O=S(c1ccc(C(F)(F)F)cc1)c1ccc(C(F)(F)F)cc1. The summed E-state index contributed by atoms with van der Waals surface area (Å²) in [6.45, 7) is 0. The highest BCUT2D eigenvalue weighted by Crippen LogP contribution is 2.31. The zero-order chi connectivity index (χ0) is 16.5. The third kappa shape index (κ3) is 3.68. The number of alkyl halides is 6. The van der Waals surface area contributed by atoms with E-state index < -0.39 is 34.3 Å². The van der Waals surface area contributed by atoms with Crippen LogP contribution in [-0.4, -0.2) is 4.21 Å². The van der Waals surface area contributed by atoms with Crippen LogP contribution in [0, 0.1) is 0 Å². The van der Waals surface area contributed by atoms with Gasteiger partial charge in [0, 0.05) is 9.79 Å². The van der Waals surface area contributed by atoms with Crippen LogP contribution in [0.15, 0.2) is 58.3 Å². The zero-order valence-electron chi connectivity index (χ0n) is 10.7. The Labute approximate surface area is 124 Å². The quantitative estimate of drug-likeness (QED) is 0.713. The van der Waals surface area contributed by atoms with Crippen molar-refractivity contribution in [3.63, 3.8) is 0 Å². The highest BCUT2D eigenvalue weighted by atomic mass is 32.2. The van der Waals surface area contributed by atoms with E-state index in [0.717, 1.165) is 48.5 Å². The summed E-state index contributed by atoms with van der Waals surface area (Å²) in [4.78, 5) is 0.153. The van der Waals surface area contributed by atoms with E-state index in [0.29, 0.717) is 0 Å². The third-order valence-corrected chi connectivity index (χ3v) is 4.19. The number of hydrogen-bond donors (Lipinski definition) is 0. The van der Waals surface area contributed by atoms with E-state index in [-0.39, 0.29) is 9.79 Å². The molecule has 1 nitrogen and oxygen atoms in total. The van der Waals surface area contributed by atoms with Crippen LogP contribution in [0.25, 0.3) is 0 Å². The predicted molar refractivity (Wildman–Crippen MR) is 67.6 cm³/mol. The molecule has 0 N–H and O–H groups in total. The molecule has 0 atom stereocenters. The molecule has 0 aliphatic rings. The van der Waals surface area contributed by atoms with Gasteiger partial charge in [-0.1, -0.05) is 0 Å². The molecule has 0 saturated carbocycles. The fraction of sp³-hybridized carbons (Fsp3) is 0.143. The average molecular weight is 338 g/mol. The summed E-state index contributed by atoms with van der Waals surface area (Å²) < 4.78 is 86.6. The minimum Gasteiger partial charge on any atom is -0.249 e. The molecule has 8 heteroatoms. The normalized spacial score (nSPS) is 12.7. The van der Waals surface area contributed by atoms with E-state index in [1.54, 1.807) is 0 Å². The molecule has 0 fully saturated rings. The van der Waals surface area contributed by atoms with Gasteiger partial charge >= 0.3 is 12.4 Å². The highest BCUT2D eigenvalue weighted by Gasteiger charge is 2.31. The topological polar surface area (TPSA) is 17.1 Å². The molecule has 2 rings (SSSR count). The van der Waals surface area contributed by atoms with Gasteiger partial charge in [-0.05, 0) is 48.5 Å². The van der Waals surface area contributed by atoms with Crippen LogP contribution < -0.4 is 0 Å². The van der Waals surface area contributed by atoms with E-state index in [4.69, 9.17) is 0 Å². The molecule has 22 heavy (non-hydrogen) atoms. The standard InChI is InChI=1S/C14H8F6OS/c15-13(16,17)9-1-5-11(6-2-9)22(21)12-7-3-10(4-8-12)14(18,19)20/h1-8H. The Morgan fingerprint density at radius 2 is 0.864 bits per heavy atom. The summed E-state index contributed by atoms with van der Waals surface area (Å²) in [5.41, 5.74) is -1.78. The van der Waals surface area contributed by atoms with Crippen LogP contribution in [0.5, 0.6) is 0 Å². The number of hydrogen-bond acceptors (Lipinski definition) is 1. The van der Waals surface area contributed by atoms with Crippen molar-refractivity contribution >= 4 is 10.8 Å². The van der Waals surface area contributed by atoms with Crippen LogP contribution in [0.2, 0.25) is 0 Å². The smallest absolute Gasteiger partial charge is 0.249 e. The molecule has 2 aromatic carbocycles. The number of rotatable bonds is 2. The summed E-state index contributed by atoms with van der Waals surface area (Å²) in [5.74, 6) is 0. The van der Waals surface area contributed by atoms with Crippen LogP contribution >= 0.6 is 0 Å². The second kappa shape index (κ2) is 5.75. The first-order valence-electron chi connectivity index (χ1n) is 5.85. The number of halogens is 6. The summed E-state index contributed by atoms with van der Waals surface area (Å²) in [5, 5.41) is 0. The molecule has 0 radical (unpaired) electrons. The molecule has 0 bridgehead atoms. The fourth-order valence-electron chi connectivity index (χ4n) is 1.67. The lowest BCUT2D eigenvalue weighted by molar-refractivity contribution is -0.138. The van der Waals surface area contributed by atoms with Gasteiger partial charge in [0.2, 0.25) is 0 Å². The molecule has 2 aromatic rings. The van der Waals surface area contributed by atoms with Gasteiger partial charge in [-0.3, -0.25) is 0 Å². The Balaban J connectivity index is 2.25. The average Bonchev–Trinajstić information content (AvgIpc) is 2.45. The summed E-state index contributed by atoms with van der Waals surface area (Å²) >= 11 is 0. The Morgan fingerprint density at radius 1 is 0.591 bits per heavy atom. The van der Waals surface area contributed by atoms with Crippen molar-refractivity contribution in [1.82, 2.24) is 0 Å². The van der Waals surface area contributed by atoms with Gasteiger partial charge in [0.1, 0.15) is 0 Å². The second-order valence-corrected chi connectivity index (χ2v) is 5.79. The molecule has 118 valence electrons. The van der Waals surface area contributed by atoms with E-state index >= 15 is 0 Å². The van der Waals surface area contributed by atoms with E-state index in [9.17, 15) is 30.6 Å². The van der Waals surface area contributed by atoms with E-state index in [1.807, 2.05) is 0 Å². The third-order valence-electron chi connectivity index (χ3n) is 2.79. The van der Waals surface area contributed by atoms with Crippen molar-refractivity contribution in [2.75, 3.05) is 0 Å². The lowest BCUT2D eigenvalue weighted by atomic mass is 10.2. The maximum atomic E-state index is 12.4. The first kappa shape index (κ1) is 16.5. The lowest BCUT2D eigenvalue weighted by Gasteiger charge is -2.09. The first-order valence-corrected chi connectivity index (χ1v) is 7.00. The van der Waals surface area contributed by atoms with Gasteiger partial charge in [0.25, 0.3) is 0 Å². The van der Waals surface area contributed by atoms with Crippen molar-refractivity contribution < 1.29 is 30.6 Å². The zero-order valence-corrected chi connectivity index (χ0v) is 11.5. The maximum Gasteiger partial charge on any atom is 0.416 e. The molecule has 0 heterocycles. The molecule has 0 amide bonds. The van der Waals surface area contributed by atoms with E-state index in [2.05, 4.69) is 0 Å². The first-order chi connectivity index (χ1) is 10.1. The predicted octanol–water partition coefficient (Wildman–Crippen LogP) is 4.89. The van der Waals surface area contributed by atoms with Crippen LogP contribution in [-0.2, 0) is 23.2 Å². The summed E-state index contributed by atoms with van der Waals surface area (Å²) in [7, 11) is -1.85. The van der Waals surface area contributed by atoms with E-state index in [1.165, 1.54) is 0 Å². The van der Waals surface area contributed by atoms with Crippen LogP contribution in [0.1, 0.15) is 11.1 Å². The molecular formula is C14H8F6OS. The molecular weight excluding hydrogens is 330 g/mol. The van der Waals surface area contributed by atoms with Gasteiger partial charge in [-0.2, -0.15) is 26.3 Å². The van der Waals surface area contributed by atoms with Gasteiger partial charge in [0.15, 0.2) is 0 Å². The summed E-state index contributed by atoms with van der Waals surface area (Å²) in [6, 6.07) is 7.25. The Hall–Kier alpha value is -1.83. The van der Waals surface area contributed by atoms with Gasteiger partial charge < -0.3 is 0 Å². The van der Waals surface area contributed by atoms with Gasteiger partial charge in [-0.25, -0.2) is 4.21 Å². The lowest BCUT2D eigenvalue weighted by Crippen LogP contribution is -2.05. The van der Waals surface area contributed by atoms with Crippen molar-refractivity contribution in [3.8, 4) is 0 Å². The minimum atomic E-state index is -4.51. The maximum absolute atomic E-state index is 12.4. The molecule has 0 aliphatic carbocycles. The molecule has 0 saturated heterocycles. The molecule has 0 aliphatic heterocycles. The van der Waals surface area contributed by atoms with Crippen molar-refractivity contribution in [1.29, 1.82) is 0 Å². The monoisotopic (exact) mass is 338 g/mol. The van der Waals surface area contributed by atoms with Crippen LogP contribution in [0.4, 0.5) is 26.3 Å². The van der Waals surface area contributed by atoms with Gasteiger partial charge in [-0.15, -0.1) is 0 Å². The van der Waals surface area contributed by atoms with Crippen molar-refractivity contribution in [3.05, 3.63) is 59.7 Å². The molecule has 0 aromatic heterocycles. The Morgan fingerprint density at radius 3 is 1.09 bits per heavy atom. The van der Waals surface area contributed by atoms with Gasteiger partial charge in [0.05, 0.1) is 21.9 Å². The van der Waals surface area contributed by atoms with Crippen molar-refractivity contribution in [2.45, 2.75) is 22.1 Å². The number of benzene rings is 2. The Bertz CT molecular complexity index is 611. The van der Waals surface area contributed by atoms with Crippen molar-refractivity contribution in [2.24, 2.45) is 0 Å². The Kier molecular flexibility index (Phi) is 4.32. The fourth-order valence-corrected chi connectivity index (χ4v) is 2.71. The molecule has 0 spiro atoms. The van der Waals surface area contributed by atoms with Crippen LogP contribution in [0.3, 0.4) is 0 Å². The summed E-state index contributed by atoms with van der Waals surface area (Å²) in [6.07, 6.45) is -9.01. The second-order valence-electron chi connectivity index (χ2n) is 4.31. The minimum absolute atomic E-state index is 0.0766. The largest absolute Gasteiger partial charge is 0.416 e. The molecule has 0 unspecified atom stereocenters. The highest BCUT2D eigenvalue weighted by molar-refractivity contribution is 7.85.